The van der Waals surface area contributed by atoms with Gasteiger partial charge in [0.1, 0.15) is 16.5 Å². The van der Waals surface area contributed by atoms with Gasteiger partial charge in [-0.3, -0.25) is 9.59 Å². The van der Waals surface area contributed by atoms with E-state index in [1.54, 1.807) is 0 Å². The molecule has 0 amide bonds. The molecule has 0 aromatic heterocycles. The molecule has 1 saturated heterocycles. The van der Waals surface area contributed by atoms with Gasteiger partial charge in [-0.25, -0.2) is 0 Å². The van der Waals surface area contributed by atoms with Crippen molar-refractivity contribution in [1.82, 2.24) is 4.90 Å². The number of phenols is 2. The highest BCUT2D eigenvalue weighted by atomic mass is 35.5. The van der Waals surface area contributed by atoms with E-state index in [-0.39, 0.29) is 27.6 Å². The first-order valence-electron chi connectivity index (χ1n) is 6.89. The minimum atomic E-state index is -0.547. The highest BCUT2D eigenvalue weighted by Crippen LogP contribution is 2.48. The van der Waals surface area contributed by atoms with Gasteiger partial charge in [0.2, 0.25) is 0 Å². The molecule has 0 unspecified atom stereocenters. The fourth-order valence-electron chi connectivity index (χ4n) is 2.80. The zero-order chi connectivity index (χ0) is 16.0. The summed E-state index contributed by atoms with van der Waals surface area (Å²) in [7, 11) is 1.98. The van der Waals surface area contributed by atoms with Crippen LogP contribution in [0.4, 0.5) is 5.69 Å². The molecule has 2 N–H and O–H groups in total. The van der Waals surface area contributed by atoms with E-state index >= 15 is 0 Å². The van der Waals surface area contributed by atoms with Crippen LogP contribution in [0.15, 0.2) is 12.2 Å². The van der Waals surface area contributed by atoms with Crippen LogP contribution in [0.25, 0.3) is 0 Å². The maximum Gasteiger partial charge on any atom is 0.190 e. The standard InChI is InChI=1S/C15H15ClN2O4/c1-17-4-6-18(7-5-17)13-12(16)14(21)10-8(19)2-3-9(20)11(10)15(13)22/h2-3,21-22H,4-7H2,1H3. The number of anilines is 1. The summed E-state index contributed by atoms with van der Waals surface area (Å²) in [4.78, 5) is 27.9. The van der Waals surface area contributed by atoms with Gasteiger partial charge in [0, 0.05) is 26.2 Å². The van der Waals surface area contributed by atoms with Crippen LogP contribution < -0.4 is 4.90 Å². The summed E-state index contributed by atoms with van der Waals surface area (Å²) < 4.78 is 0. The summed E-state index contributed by atoms with van der Waals surface area (Å²) in [5.41, 5.74) is -0.196. The molecule has 1 aliphatic heterocycles. The number of nitrogens with zero attached hydrogens (tertiary/aromatic N) is 2. The number of carbonyl (C=O) groups excluding carboxylic acids is 2. The Morgan fingerprint density at radius 2 is 1.45 bits per heavy atom. The number of piperazine rings is 1. The van der Waals surface area contributed by atoms with Gasteiger partial charge in [0.15, 0.2) is 17.3 Å². The SMILES string of the molecule is CN1CCN(c2c(O)c3c(c(O)c2Cl)C(=O)C=CC3=O)CC1. The van der Waals surface area contributed by atoms with Crippen LogP contribution in [0.2, 0.25) is 5.02 Å². The zero-order valence-corrected chi connectivity index (χ0v) is 12.7. The lowest BCUT2D eigenvalue weighted by Crippen LogP contribution is -2.44. The summed E-state index contributed by atoms with van der Waals surface area (Å²) >= 11 is 6.17. The third kappa shape index (κ3) is 2.15. The predicted octanol–water partition coefficient (Wildman–Crippen LogP) is 1.44. The topological polar surface area (TPSA) is 81.1 Å². The van der Waals surface area contributed by atoms with Crippen LogP contribution in [0, 0.1) is 0 Å². The van der Waals surface area contributed by atoms with Crippen molar-refractivity contribution < 1.29 is 19.8 Å². The van der Waals surface area contributed by atoms with E-state index in [2.05, 4.69) is 4.90 Å². The number of likely N-dealkylation sites (N-methyl/N-ethyl adjacent to an activating group) is 1. The number of halogens is 1. The van der Waals surface area contributed by atoms with E-state index < -0.39 is 17.3 Å². The Morgan fingerprint density at radius 1 is 0.955 bits per heavy atom. The van der Waals surface area contributed by atoms with Gasteiger partial charge in [0.25, 0.3) is 0 Å². The minimum Gasteiger partial charge on any atom is -0.505 e. The molecule has 1 fully saturated rings. The molecule has 0 saturated carbocycles. The molecule has 0 spiro atoms. The fraction of sp³-hybridized carbons (Fsp3) is 0.333. The van der Waals surface area contributed by atoms with Crippen molar-refractivity contribution in [1.29, 1.82) is 0 Å². The van der Waals surface area contributed by atoms with Crippen LogP contribution in [0.1, 0.15) is 20.7 Å². The van der Waals surface area contributed by atoms with Crippen molar-refractivity contribution in [3.05, 3.63) is 28.3 Å². The second-order valence-electron chi connectivity index (χ2n) is 5.46. The average molecular weight is 323 g/mol. The molecule has 7 heteroatoms. The average Bonchev–Trinajstić information content (AvgIpc) is 2.49. The highest BCUT2D eigenvalue weighted by molar-refractivity contribution is 6.37. The minimum absolute atomic E-state index is 0.0998. The van der Waals surface area contributed by atoms with Crippen molar-refractivity contribution in [2.75, 3.05) is 38.1 Å². The normalized spacial score (nSPS) is 18.7. The first-order valence-corrected chi connectivity index (χ1v) is 7.27. The molecule has 0 bridgehead atoms. The molecular weight excluding hydrogens is 308 g/mol. The number of carbonyl (C=O) groups is 2. The molecule has 1 aromatic carbocycles. The van der Waals surface area contributed by atoms with Gasteiger partial charge in [-0.05, 0) is 19.2 Å². The quantitative estimate of drug-likeness (QED) is 0.761. The second-order valence-corrected chi connectivity index (χ2v) is 5.84. The van der Waals surface area contributed by atoms with Crippen molar-refractivity contribution >= 4 is 28.9 Å². The first-order chi connectivity index (χ1) is 10.4. The first kappa shape index (κ1) is 14.9. The lowest BCUT2D eigenvalue weighted by atomic mass is 9.91. The maximum atomic E-state index is 12.0. The number of rotatable bonds is 1. The lowest BCUT2D eigenvalue weighted by Gasteiger charge is -2.35. The van der Waals surface area contributed by atoms with E-state index in [4.69, 9.17) is 11.6 Å². The van der Waals surface area contributed by atoms with Crippen molar-refractivity contribution in [2.24, 2.45) is 0 Å². The number of allylic oxidation sites excluding steroid dienone is 2. The van der Waals surface area contributed by atoms with E-state index in [9.17, 15) is 19.8 Å². The lowest BCUT2D eigenvalue weighted by molar-refractivity contribution is 0.0989. The third-order valence-corrected chi connectivity index (χ3v) is 4.42. The fourth-order valence-corrected chi connectivity index (χ4v) is 3.10. The Bertz CT molecular complexity index is 706. The molecular formula is C15H15ClN2O4. The monoisotopic (exact) mass is 322 g/mol. The number of benzene rings is 1. The van der Waals surface area contributed by atoms with E-state index in [1.165, 1.54) is 0 Å². The molecule has 0 radical (unpaired) electrons. The van der Waals surface area contributed by atoms with Crippen LogP contribution >= 0.6 is 11.6 Å². The van der Waals surface area contributed by atoms with Gasteiger partial charge in [0.05, 0.1) is 11.1 Å². The van der Waals surface area contributed by atoms with E-state index in [0.717, 1.165) is 25.2 Å². The molecule has 2 aliphatic rings. The van der Waals surface area contributed by atoms with Gasteiger partial charge < -0.3 is 20.0 Å². The maximum absolute atomic E-state index is 12.0. The molecule has 22 heavy (non-hydrogen) atoms. The van der Waals surface area contributed by atoms with Crippen LogP contribution in [0.3, 0.4) is 0 Å². The number of hydrogen-bond donors (Lipinski definition) is 2. The molecule has 6 nitrogen and oxygen atoms in total. The predicted molar refractivity (Wildman–Crippen MR) is 82.3 cm³/mol. The number of ketones is 2. The Hall–Kier alpha value is -2.05. The Morgan fingerprint density at radius 3 is 2.00 bits per heavy atom. The van der Waals surface area contributed by atoms with Crippen molar-refractivity contribution in [2.45, 2.75) is 0 Å². The molecule has 116 valence electrons. The summed E-state index contributed by atoms with van der Waals surface area (Å²) in [5, 5.41) is 20.6. The summed E-state index contributed by atoms with van der Waals surface area (Å²) in [6, 6.07) is 0. The van der Waals surface area contributed by atoms with E-state index in [1.807, 2.05) is 11.9 Å². The van der Waals surface area contributed by atoms with Gasteiger partial charge >= 0.3 is 0 Å². The van der Waals surface area contributed by atoms with Crippen LogP contribution in [0.5, 0.6) is 11.5 Å². The Balaban J connectivity index is 2.18. The summed E-state index contributed by atoms with van der Waals surface area (Å²) in [6.07, 6.45) is 2.15. The number of fused-ring (bicyclic) bond motifs is 1. The zero-order valence-electron chi connectivity index (χ0n) is 12.0. The number of phenolic OH excluding ortho intramolecular Hbond substituents is 2. The Labute approximate surface area is 132 Å². The van der Waals surface area contributed by atoms with Crippen molar-refractivity contribution in [3.8, 4) is 11.5 Å². The summed E-state index contributed by atoms with van der Waals surface area (Å²) in [6.45, 7) is 2.72. The van der Waals surface area contributed by atoms with Gasteiger partial charge in [-0.1, -0.05) is 11.6 Å². The second kappa shape index (κ2) is 5.30. The van der Waals surface area contributed by atoms with Gasteiger partial charge in [-0.15, -0.1) is 0 Å². The Kier molecular flexibility index (Phi) is 3.58. The number of aromatic hydroxyl groups is 2. The highest BCUT2D eigenvalue weighted by Gasteiger charge is 2.33. The molecule has 3 rings (SSSR count). The third-order valence-electron chi connectivity index (χ3n) is 4.06. The molecule has 1 aromatic rings. The number of hydrogen-bond acceptors (Lipinski definition) is 6. The van der Waals surface area contributed by atoms with Crippen LogP contribution in [-0.2, 0) is 0 Å². The smallest absolute Gasteiger partial charge is 0.190 e. The van der Waals surface area contributed by atoms with Gasteiger partial charge in [-0.2, -0.15) is 0 Å². The van der Waals surface area contributed by atoms with Crippen LogP contribution in [-0.4, -0.2) is 59.9 Å². The summed E-state index contributed by atoms with van der Waals surface area (Å²) in [5.74, 6) is -1.86. The molecule has 1 heterocycles. The van der Waals surface area contributed by atoms with E-state index in [0.29, 0.717) is 13.1 Å². The molecule has 0 atom stereocenters. The molecule has 1 aliphatic carbocycles. The van der Waals surface area contributed by atoms with Crippen molar-refractivity contribution in [3.63, 3.8) is 0 Å². The largest absolute Gasteiger partial charge is 0.505 e.